The van der Waals surface area contributed by atoms with Gasteiger partial charge in [-0.15, -0.1) is 0 Å². The fraction of sp³-hybridized carbons (Fsp3) is 0.667. The molecule has 122 valence electrons. The molecule has 1 N–H and O–H groups in total. The molecule has 0 aromatic carbocycles. The van der Waals surface area contributed by atoms with Crippen LogP contribution in [0.15, 0.2) is 24.4 Å². The van der Waals surface area contributed by atoms with E-state index in [-0.39, 0.29) is 13.0 Å². The second-order valence-electron chi connectivity index (χ2n) is 4.21. The Morgan fingerprint density at radius 3 is 2.52 bits per heavy atom. The van der Waals surface area contributed by atoms with Crippen LogP contribution in [0.4, 0.5) is 0 Å². The van der Waals surface area contributed by atoms with E-state index in [4.69, 9.17) is 19.3 Å². The second-order valence-corrected chi connectivity index (χ2v) is 4.21. The van der Waals surface area contributed by atoms with Gasteiger partial charge in [-0.1, -0.05) is 12.2 Å². The molecule has 0 radical (unpaired) electrons. The van der Waals surface area contributed by atoms with Gasteiger partial charge in [0.2, 0.25) is 0 Å². The molecule has 0 amide bonds. The summed E-state index contributed by atoms with van der Waals surface area (Å²) in [6.07, 6.45) is 8.38. The number of carboxylic acid groups (broad SMARTS) is 1. The zero-order chi connectivity index (χ0) is 15.8. The van der Waals surface area contributed by atoms with Crippen molar-refractivity contribution in [2.45, 2.75) is 13.3 Å². The van der Waals surface area contributed by atoms with Gasteiger partial charge in [-0.3, -0.25) is 4.79 Å². The lowest BCUT2D eigenvalue weighted by Crippen LogP contribution is -2.22. The van der Waals surface area contributed by atoms with E-state index in [0.717, 1.165) is 19.7 Å². The first-order valence-corrected chi connectivity index (χ1v) is 7.14. The molecule has 0 saturated heterocycles. The number of carbonyl (C=O) groups is 1. The molecule has 1 aliphatic heterocycles. The average molecular weight is 301 g/mol. The van der Waals surface area contributed by atoms with Gasteiger partial charge in [-0.2, -0.15) is 0 Å². The molecule has 1 aliphatic rings. The van der Waals surface area contributed by atoms with E-state index in [2.05, 4.69) is 23.3 Å². The van der Waals surface area contributed by atoms with E-state index in [9.17, 15) is 4.79 Å². The minimum atomic E-state index is -0.832. The van der Waals surface area contributed by atoms with Crippen LogP contribution < -0.4 is 0 Å². The highest BCUT2D eigenvalue weighted by atomic mass is 16.5. The third-order valence-corrected chi connectivity index (χ3v) is 2.50. The van der Waals surface area contributed by atoms with Gasteiger partial charge in [0, 0.05) is 26.8 Å². The van der Waals surface area contributed by atoms with Crippen LogP contribution in [0.3, 0.4) is 0 Å². The van der Waals surface area contributed by atoms with E-state index in [1.807, 2.05) is 13.0 Å². The molecule has 6 heteroatoms. The van der Waals surface area contributed by atoms with Crippen molar-refractivity contribution < 1.29 is 24.1 Å². The van der Waals surface area contributed by atoms with Crippen molar-refractivity contribution in [1.29, 1.82) is 0 Å². The van der Waals surface area contributed by atoms with E-state index < -0.39 is 5.97 Å². The number of aliphatic carboxylic acids is 1. The predicted molar refractivity (Wildman–Crippen MR) is 81.3 cm³/mol. The number of ether oxygens (including phenoxy) is 3. The summed E-state index contributed by atoms with van der Waals surface area (Å²) in [4.78, 5) is 12.2. The van der Waals surface area contributed by atoms with Crippen LogP contribution in [-0.2, 0) is 19.0 Å². The highest BCUT2D eigenvalue weighted by molar-refractivity contribution is 5.66. The fourth-order valence-electron chi connectivity index (χ4n) is 1.41. The fourth-order valence-corrected chi connectivity index (χ4v) is 1.41. The minimum absolute atomic E-state index is 0.0616. The number of allylic oxidation sites excluding steroid dienone is 2. The van der Waals surface area contributed by atoms with Crippen molar-refractivity contribution in [3.05, 3.63) is 24.4 Å². The Bertz CT molecular complexity index is 304. The van der Waals surface area contributed by atoms with Gasteiger partial charge in [0.05, 0.1) is 32.8 Å². The smallest absolute Gasteiger partial charge is 0.305 e. The molecular weight excluding hydrogens is 274 g/mol. The molecule has 0 aliphatic carbocycles. The van der Waals surface area contributed by atoms with E-state index in [0.29, 0.717) is 19.8 Å². The summed E-state index contributed by atoms with van der Waals surface area (Å²) >= 11 is 0. The van der Waals surface area contributed by atoms with Crippen molar-refractivity contribution in [2.75, 3.05) is 53.2 Å². The summed E-state index contributed by atoms with van der Waals surface area (Å²) in [5, 5.41) is 8.20. The Balaban J connectivity index is 0.000000382. The molecular formula is C15H27NO5. The predicted octanol–water partition coefficient (Wildman–Crippen LogP) is 1.53. The molecule has 0 atom stereocenters. The first kappa shape index (κ1) is 19.6. The van der Waals surface area contributed by atoms with E-state index in [1.165, 1.54) is 0 Å². The van der Waals surface area contributed by atoms with Crippen LogP contribution in [-0.4, -0.2) is 69.2 Å². The zero-order valence-electron chi connectivity index (χ0n) is 13.0. The molecule has 1 rings (SSSR count). The molecule has 0 aromatic rings. The van der Waals surface area contributed by atoms with Crippen molar-refractivity contribution in [3.8, 4) is 0 Å². The van der Waals surface area contributed by atoms with Crippen molar-refractivity contribution >= 4 is 5.97 Å². The molecule has 0 spiro atoms. The van der Waals surface area contributed by atoms with Crippen LogP contribution in [0.25, 0.3) is 0 Å². The maximum Gasteiger partial charge on any atom is 0.305 e. The quantitative estimate of drug-likeness (QED) is 0.617. The van der Waals surface area contributed by atoms with Gasteiger partial charge >= 0.3 is 5.97 Å². The minimum Gasteiger partial charge on any atom is -0.481 e. The number of carboxylic acids is 1. The van der Waals surface area contributed by atoms with Crippen LogP contribution in [0.5, 0.6) is 0 Å². The summed E-state index contributed by atoms with van der Waals surface area (Å²) in [6.45, 7) is 6.65. The summed E-state index contributed by atoms with van der Waals surface area (Å²) in [7, 11) is 1.73. The molecule has 1 heterocycles. The van der Waals surface area contributed by atoms with Gasteiger partial charge in [0.15, 0.2) is 0 Å². The summed E-state index contributed by atoms with van der Waals surface area (Å²) in [5.74, 6) is -0.832. The Kier molecular flexibility index (Phi) is 14.0. The number of hydrogen-bond donors (Lipinski definition) is 1. The summed E-state index contributed by atoms with van der Waals surface area (Å²) < 4.78 is 14.9. The summed E-state index contributed by atoms with van der Waals surface area (Å²) in [5.41, 5.74) is 0. The van der Waals surface area contributed by atoms with E-state index in [1.54, 1.807) is 7.11 Å². The van der Waals surface area contributed by atoms with Gasteiger partial charge in [-0.25, -0.2) is 0 Å². The first-order valence-electron chi connectivity index (χ1n) is 7.14. The van der Waals surface area contributed by atoms with Crippen LogP contribution in [0.2, 0.25) is 0 Å². The van der Waals surface area contributed by atoms with Crippen LogP contribution in [0, 0.1) is 0 Å². The number of methoxy groups -OCH3 is 1. The third kappa shape index (κ3) is 14.8. The lowest BCUT2D eigenvalue weighted by molar-refractivity contribution is -0.138. The maximum absolute atomic E-state index is 9.98. The maximum atomic E-state index is 9.98. The number of hydrogen-bond acceptors (Lipinski definition) is 5. The molecule has 0 aromatic heterocycles. The van der Waals surface area contributed by atoms with Gasteiger partial charge < -0.3 is 24.2 Å². The Labute approximate surface area is 127 Å². The zero-order valence-corrected chi connectivity index (χ0v) is 13.0. The van der Waals surface area contributed by atoms with Gasteiger partial charge in [0.25, 0.3) is 0 Å². The number of nitrogens with zero attached hydrogens (tertiary/aromatic N) is 1. The Morgan fingerprint density at radius 2 is 1.95 bits per heavy atom. The third-order valence-electron chi connectivity index (χ3n) is 2.50. The van der Waals surface area contributed by atoms with Crippen LogP contribution >= 0.6 is 0 Å². The lowest BCUT2D eigenvalue weighted by atomic mass is 10.3. The highest BCUT2D eigenvalue weighted by Gasteiger charge is 1.96. The lowest BCUT2D eigenvalue weighted by Gasteiger charge is -2.19. The molecule has 6 nitrogen and oxygen atoms in total. The van der Waals surface area contributed by atoms with Gasteiger partial charge in [0.1, 0.15) is 0 Å². The normalized spacial score (nSPS) is 13.0. The standard InChI is InChI=1S/C8H13NO.C7H14O4/c1-10-8-7-9-5-3-2-4-6-9;1-2-10-5-6-11-4-3-7(8)9/h2-5H,6-8H2,1H3;2-6H2,1H3,(H,8,9). The molecule has 21 heavy (non-hydrogen) atoms. The monoisotopic (exact) mass is 301 g/mol. The SMILES string of the molecule is CCOCCOCCC(=O)O.COCCN1C=CC=CC1. The van der Waals surface area contributed by atoms with Crippen molar-refractivity contribution in [1.82, 2.24) is 4.90 Å². The van der Waals surface area contributed by atoms with Gasteiger partial charge in [-0.05, 0) is 19.2 Å². The summed E-state index contributed by atoms with van der Waals surface area (Å²) in [6, 6.07) is 0. The van der Waals surface area contributed by atoms with Crippen LogP contribution in [0.1, 0.15) is 13.3 Å². The molecule has 0 bridgehead atoms. The average Bonchev–Trinajstić information content (AvgIpc) is 2.50. The Hall–Kier alpha value is -1.37. The van der Waals surface area contributed by atoms with E-state index >= 15 is 0 Å². The Morgan fingerprint density at radius 1 is 1.19 bits per heavy atom. The van der Waals surface area contributed by atoms with Crippen molar-refractivity contribution in [3.63, 3.8) is 0 Å². The van der Waals surface area contributed by atoms with Crippen molar-refractivity contribution in [2.24, 2.45) is 0 Å². The molecule has 0 unspecified atom stereocenters. The first-order chi connectivity index (χ1) is 10.2. The second kappa shape index (κ2) is 15.0. The molecule has 0 saturated carbocycles. The highest BCUT2D eigenvalue weighted by Crippen LogP contribution is 1.96. The number of rotatable bonds is 10. The molecule has 0 fully saturated rings. The topological polar surface area (TPSA) is 68.2 Å². The largest absolute Gasteiger partial charge is 0.481 e.